The highest BCUT2D eigenvalue weighted by Crippen LogP contribution is 2.23. The molecule has 0 aromatic heterocycles. The van der Waals surface area contributed by atoms with Crippen LogP contribution in [0.25, 0.3) is 0 Å². The van der Waals surface area contributed by atoms with E-state index in [1.54, 1.807) is 20.9 Å². The molecule has 1 fully saturated rings. The maximum Gasteiger partial charge on any atom is 0.193 e. The standard InChI is InChI=1S/C17H26ClN3O3S.HI/c1-17(2)13-21(9-11-25(17,22)23)16(19-3)20-8-10-24-12-14-4-6-15(18)7-5-14;/h4-7H,8-13H2,1-3H3,(H,19,20);1H. The number of rotatable bonds is 5. The first-order chi connectivity index (χ1) is 11.7. The molecule has 0 radical (unpaired) electrons. The molecule has 0 amide bonds. The first-order valence-corrected chi connectivity index (χ1v) is 10.3. The Balaban J connectivity index is 0.00000338. The monoisotopic (exact) mass is 515 g/mol. The Bertz CT molecular complexity index is 708. The van der Waals surface area contributed by atoms with Crippen molar-refractivity contribution in [3.8, 4) is 0 Å². The minimum Gasteiger partial charge on any atom is -0.375 e. The number of guanidine groups is 1. The second-order valence-electron chi connectivity index (χ2n) is 6.65. The van der Waals surface area contributed by atoms with Gasteiger partial charge in [-0.3, -0.25) is 4.99 Å². The van der Waals surface area contributed by atoms with E-state index in [0.29, 0.717) is 43.8 Å². The summed E-state index contributed by atoms with van der Waals surface area (Å²) in [5.74, 6) is 0.853. The van der Waals surface area contributed by atoms with Crippen molar-refractivity contribution in [2.45, 2.75) is 25.2 Å². The SMILES string of the molecule is CN=C(NCCOCc1ccc(Cl)cc1)N1CCS(=O)(=O)C(C)(C)C1.I. The topological polar surface area (TPSA) is 71.0 Å². The van der Waals surface area contributed by atoms with Gasteiger partial charge in [0.1, 0.15) is 0 Å². The van der Waals surface area contributed by atoms with Gasteiger partial charge in [0.2, 0.25) is 0 Å². The lowest BCUT2D eigenvalue weighted by Crippen LogP contribution is -2.57. The van der Waals surface area contributed by atoms with Gasteiger partial charge in [0.05, 0.1) is 23.7 Å². The van der Waals surface area contributed by atoms with Gasteiger partial charge in [-0.25, -0.2) is 8.42 Å². The van der Waals surface area contributed by atoms with Gasteiger partial charge < -0.3 is 15.0 Å². The molecule has 9 heteroatoms. The zero-order valence-corrected chi connectivity index (χ0v) is 19.3. The fraction of sp³-hybridized carbons (Fsp3) is 0.588. The van der Waals surface area contributed by atoms with Crippen LogP contribution in [0, 0.1) is 0 Å². The van der Waals surface area contributed by atoms with E-state index in [4.69, 9.17) is 16.3 Å². The molecule has 1 aromatic carbocycles. The van der Waals surface area contributed by atoms with Crippen LogP contribution in [0.1, 0.15) is 19.4 Å². The number of hydrogen-bond acceptors (Lipinski definition) is 4. The van der Waals surface area contributed by atoms with Gasteiger partial charge in [-0.2, -0.15) is 0 Å². The van der Waals surface area contributed by atoms with Crippen LogP contribution in [0.2, 0.25) is 5.02 Å². The predicted octanol–water partition coefficient (Wildman–Crippen LogP) is 2.56. The van der Waals surface area contributed by atoms with Crippen LogP contribution in [0.15, 0.2) is 29.3 Å². The number of hydrogen-bond donors (Lipinski definition) is 1. The lowest BCUT2D eigenvalue weighted by atomic mass is 10.2. The normalized spacial score (nSPS) is 18.9. The van der Waals surface area contributed by atoms with Crippen molar-refractivity contribution in [3.63, 3.8) is 0 Å². The minimum absolute atomic E-state index is 0. The number of nitrogens with one attached hydrogen (secondary N) is 1. The summed E-state index contributed by atoms with van der Waals surface area (Å²) >= 11 is 5.85. The van der Waals surface area contributed by atoms with E-state index in [2.05, 4.69) is 10.3 Å². The Morgan fingerprint density at radius 2 is 2.00 bits per heavy atom. The fourth-order valence-electron chi connectivity index (χ4n) is 2.66. The second kappa shape index (κ2) is 10.1. The van der Waals surface area contributed by atoms with Crippen LogP contribution >= 0.6 is 35.6 Å². The largest absolute Gasteiger partial charge is 0.375 e. The third-order valence-corrected chi connectivity index (χ3v) is 7.05. The zero-order valence-electron chi connectivity index (χ0n) is 15.4. The molecule has 0 bridgehead atoms. The van der Waals surface area contributed by atoms with E-state index >= 15 is 0 Å². The summed E-state index contributed by atoms with van der Waals surface area (Å²) in [6.07, 6.45) is 0. The van der Waals surface area contributed by atoms with E-state index in [1.165, 1.54) is 0 Å². The summed E-state index contributed by atoms with van der Waals surface area (Å²) < 4.78 is 29.1. The van der Waals surface area contributed by atoms with Crippen LogP contribution in [0.3, 0.4) is 0 Å². The molecule has 2 rings (SSSR count). The zero-order chi connectivity index (χ0) is 18.5. The third kappa shape index (κ3) is 6.24. The van der Waals surface area contributed by atoms with Crippen LogP contribution < -0.4 is 5.32 Å². The van der Waals surface area contributed by atoms with Crippen molar-refractivity contribution in [3.05, 3.63) is 34.9 Å². The highest BCUT2D eigenvalue weighted by molar-refractivity contribution is 14.0. The second-order valence-corrected chi connectivity index (χ2v) is 9.83. The highest BCUT2D eigenvalue weighted by atomic mass is 127. The summed E-state index contributed by atoms with van der Waals surface area (Å²) in [4.78, 5) is 6.24. The minimum atomic E-state index is -3.06. The molecule has 1 aliphatic heterocycles. The molecular formula is C17H27ClIN3O3S. The summed E-state index contributed by atoms with van der Waals surface area (Å²) in [5, 5.41) is 3.94. The Labute approximate surface area is 178 Å². The lowest BCUT2D eigenvalue weighted by Gasteiger charge is -2.39. The Kier molecular flexibility index (Phi) is 9.11. The Hall–Kier alpha value is -0.580. The van der Waals surface area contributed by atoms with Gasteiger partial charge in [-0.1, -0.05) is 23.7 Å². The molecule has 0 spiro atoms. The lowest BCUT2D eigenvalue weighted by molar-refractivity contribution is 0.125. The molecular weight excluding hydrogens is 489 g/mol. The number of halogens is 2. The van der Waals surface area contributed by atoms with Gasteiger partial charge in [-0.05, 0) is 31.5 Å². The molecule has 148 valence electrons. The summed E-state index contributed by atoms with van der Waals surface area (Å²) in [7, 11) is -1.36. The van der Waals surface area contributed by atoms with E-state index < -0.39 is 14.6 Å². The smallest absolute Gasteiger partial charge is 0.193 e. The maximum absolute atomic E-state index is 12.1. The quantitative estimate of drug-likeness (QED) is 0.282. The molecule has 1 aromatic rings. The molecule has 26 heavy (non-hydrogen) atoms. The Morgan fingerprint density at radius 3 is 2.58 bits per heavy atom. The van der Waals surface area contributed by atoms with Crippen molar-refractivity contribution in [2.75, 3.05) is 39.0 Å². The molecule has 1 saturated heterocycles. The van der Waals surface area contributed by atoms with E-state index in [9.17, 15) is 8.42 Å². The molecule has 0 atom stereocenters. The van der Waals surface area contributed by atoms with Crippen molar-refractivity contribution >= 4 is 51.4 Å². The molecule has 1 heterocycles. The molecule has 6 nitrogen and oxygen atoms in total. The first-order valence-electron chi connectivity index (χ1n) is 8.25. The molecule has 1 aliphatic rings. The van der Waals surface area contributed by atoms with Crippen molar-refractivity contribution in [1.29, 1.82) is 0 Å². The van der Waals surface area contributed by atoms with Crippen molar-refractivity contribution < 1.29 is 13.2 Å². The molecule has 1 N–H and O–H groups in total. The van der Waals surface area contributed by atoms with E-state index in [1.807, 2.05) is 29.2 Å². The van der Waals surface area contributed by atoms with Crippen molar-refractivity contribution in [2.24, 2.45) is 4.99 Å². The van der Waals surface area contributed by atoms with Gasteiger partial charge in [-0.15, -0.1) is 24.0 Å². The van der Waals surface area contributed by atoms with Crippen molar-refractivity contribution in [1.82, 2.24) is 10.2 Å². The number of sulfone groups is 1. The van der Waals surface area contributed by atoms with E-state index in [0.717, 1.165) is 5.56 Å². The number of benzene rings is 1. The highest BCUT2D eigenvalue weighted by Gasteiger charge is 2.40. The predicted molar refractivity (Wildman–Crippen MR) is 117 cm³/mol. The van der Waals surface area contributed by atoms with E-state index in [-0.39, 0.29) is 29.7 Å². The molecule has 0 unspecified atom stereocenters. The molecule has 0 saturated carbocycles. The van der Waals surface area contributed by atoms with Crippen LogP contribution in [-0.2, 0) is 21.2 Å². The molecule has 0 aliphatic carbocycles. The van der Waals surface area contributed by atoms with Gasteiger partial charge in [0.15, 0.2) is 15.8 Å². The fourth-order valence-corrected chi connectivity index (χ4v) is 4.15. The number of aliphatic imine (C=N–C) groups is 1. The average molecular weight is 516 g/mol. The van der Waals surface area contributed by atoms with Crippen LogP contribution in [0.4, 0.5) is 0 Å². The summed E-state index contributed by atoms with van der Waals surface area (Å²) in [6.45, 7) is 6.05. The van der Waals surface area contributed by atoms with Gasteiger partial charge in [0, 0.05) is 31.7 Å². The van der Waals surface area contributed by atoms with Crippen LogP contribution in [-0.4, -0.2) is 63.1 Å². The Morgan fingerprint density at radius 1 is 1.35 bits per heavy atom. The van der Waals surface area contributed by atoms with Gasteiger partial charge in [0.25, 0.3) is 0 Å². The van der Waals surface area contributed by atoms with Gasteiger partial charge >= 0.3 is 0 Å². The average Bonchev–Trinajstić information content (AvgIpc) is 2.55. The number of ether oxygens (including phenoxy) is 1. The maximum atomic E-state index is 12.1. The first kappa shape index (κ1) is 23.5. The van der Waals surface area contributed by atoms with Crippen LogP contribution in [0.5, 0.6) is 0 Å². The third-order valence-electron chi connectivity index (χ3n) is 4.27. The summed E-state index contributed by atoms with van der Waals surface area (Å²) in [5.41, 5.74) is 1.07. The number of nitrogens with zero attached hydrogens (tertiary/aromatic N) is 2. The summed E-state index contributed by atoms with van der Waals surface area (Å²) in [6, 6.07) is 7.55.